The van der Waals surface area contributed by atoms with Crippen molar-refractivity contribution in [3.05, 3.63) is 96.8 Å². The minimum Gasteiger partial charge on any atom is -0.476 e. The highest BCUT2D eigenvalue weighted by Gasteiger charge is 2.21. The summed E-state index contributed by atoms with van der Waals surface area (Å²) in [6.45, 7) is 0. The lowest BCUT2D eigenvalue weighted by atomic mass is 10.0. The second-order valence-corrected chi connectivity index (χ2v) is 7.39. The Morgan fingerprint density at radius 3 is 2.54 bits per heavy atom. The Hall–Kier alpha value is -5.12. The molecule has 35 heavy (non-hydrogen) atoms. The van der Waals surface area contributed by atoms with Crippen LogP contribution in [0, 0.1) is 5.82 Å². The number of aromatic nitrogens is 4. The molecule has 2 N–H and O–H groups in total. The van der Waals surface area contributed by atoms with E-state index >= 15 is 0 Å². The number of nitrogens with zero attached hydrogens (tertiary/aromatic N) is 4. The zero-order valence-corrected chi connectivity index (χ0v) is 17.9. The fourth-order valence-electron chi connectivity index (χ4n) is 3.48. The lowest BCUT2D eigenvalue weighted by Gasteiger charge is -2.08. The molecule has 0 aliphatic heterocycles. The minimum atomic E-state index is -1.26. The van der Waals surface area contributed by atoms with Crippen LogP contribution in [0.5, 0.6) is 11.6 Å². The Balaban J connectivity index is 1.40. The summed E-state index contributed by atoms with van der Waals surface area (Å²) in [7, 11) is 0. The average Bonchev–Trinajstić information content (AvgIpc) is 3.26. The number of halogens is 1. The van der Waals surface area contributed by atoms with E-state index in [0.717, 1.165) is 15.8 Å². The van der Waals surface area contributed by atoms with Crippen LogP contribution in [0.4, 0.5) is 14.9 Å². The van der Waals surface area contributed by atoms with Gasteiger partial charge in [-0.3, -0.25) is 4.98 Å². The number of fused-ring (bicyclic) bond motifs is 1. The smallest absolute Gasteiger partial charge is 0.357 e. The maximum Gasteiger partial charge on any atom is 0.357 e. The molecule has 5 rings (SSSR count). The van der Waals surface area contributed by atoms with Crippen molar-refractivity contribution >= 4 is 28.6 Å². The standard InChI is InChI=1S/C25H16FN5O4/c26-19-5-1-2-6-21(19)35-22-10-8-17(14-28-22)29-25(34)31-20-9-7-15(16-4-3-11-27-13-16)12-18(20)23(30-31)24(32)33/h1-14H,(H,29,34)(H,32,33). The van der Waals surface area contributed by atoms with Gasteiger partial charge in [-0.25, -0.2) is 19.0 Å². The molecular weight excluding hydrogens is 453 g/mol. The van der Waals surface area contributed by atoms with Crippen LogP contribution in [0.1, 0.15) is 10.5 Å². The summed E-state index contributed by atoms with van der Waals surface area (Å²) in [4.78, 5) is 32.9. The number of carboxylic acid groups (broad SMARTS) is 1. The molecule has 172 valence electrons. The van der Waals surface area contributed by atoms with Crippen LogP contribution in [-0.2, 0) is 0 Å². The van der Waals surface area contributed by atoms with Gasteiger partial charge in [0, 0.05) is 29.4 Å². The summed E-state index contributed by atoms with van der Waals surface area (Å²) < 4.78 is 20.1. The summed E-state index contributed by atoms with van der Waals surface area (Å²) in [6, 6.07) is 16.9. The van der Waals surface area contributed by atoms with Crippen LogP contribution in [-0.4, -0.2) is 36.9 Å². The van der Waals surface area contributed by atoms with E-state index < -0.39 is 17.8 Å². The van der Waals surface area contributed by atoms with Crippen molar-refractivity contribution in [3.8, 4) is 22.8 Å². The summed E-state index contributed by atoms with van der Waals surface area (Å²) in [6.07, 6.45) is 4.63. The molecule has 0 fully saturated rings. The third-order valence-electron chi connectivity index (χ3n) is 5.11. The molecule has 5 aromatic rings. The third kappa shape index (κ3) is 4.40. The molecule has 3 aromatic heterocycles. The molecule has 0 spiro atoms. The number of anilines is 1. The number of rotatable bonds is 5. The molecule has 0 radical (unpaired) electrons. The molecule has 0 saturated carbocycles. The molecule has 9 nitrogen and oxygen atoms in total. The van der Waals surface area contributed by atoms with E-state index in [1.807, 2.05) is 6.07 Å². The van der Waals surface area contributed by atoms with Gasteiger partial charge in [0.15, 0.2) is 17.3 Å². The zero-order valence-electron chi connectivity index (χ0n) is 17.9. The number of nitrogens with one attached hydrogen (secondary N) is 1. The lowest BCUT2D eigenvalue weighted by Crippen LogP contribution is -2.21. The van der Waals surface area contributed by atoms with Gasteiger partial charge >= 0.3 is 12.0 Å². The topological polar surface area (TPSA) is 119 Å². The number of hydrogen-bond donors (Lipinski definition) is 2. The van der Waals surface area contributed by atoms with Crippen LogP contribution >= 0.6 is 0 Å². The molecule has 0 aliphatic rings. The number of benzene rings is 2. The Morgan fingerprint density at radius 2 is 1.83 bits per heavy atom. The summed E-state index contributed by atoms with van der Waals surface area (Å²) in [5.74, 6) is -1.64. The number of para-hydroxylation sites is 1. The molecule has 0 bridgehead atoms. The highest BCUT2D eigenvalue weighted by atomic mass is 19.1. The van der Waals surface area contributed by atoms with E-state index in [4.69, 9.17) is 4.74 Å². The molecule has 0 atom stereocenters. The first-order chi connectivity index (χ1) is 17.0. The van der Waals surface area contributed by atoms with Crippen molar-refractivity contribution < 1.29 is 23.8 Å². The van der Waals surface area contributed by atoms with Gasteiger partial charge in [0.25, 0.3) is 0 Å². The van der Waals surface area contributed by atoms with Gasteiger partial charge in [-0.05, 0) is 42.0 Å². The number of amides is 1. The molecule has 0 saturated heterocycles. The van der Waals surface area contributed by atoms with Crippen molar-refractivity contribution in [1.29, 1.82) is 0 Å². The fourth-order valence-corrected chi connectivity index (χ4v) is 3.48. The first-order valence-corrected chi connectivity index (χ1v) is 10.4. The Bertz CT molecular complexity index is 1550. The highest BCUT2D eigenvalue weighted by molar-refractivity contribution is 6.06. The van der Waals surface area contributed by atoms with Gasteiger partial charge in [-0.15, -0.1) is 0 Å². The van der Waals surface area contributed by atoms with Crippen molar-refractivity contribution in [1.82, 2.24) is 19.7 Å². The lowest BCUT2D eigenvalue weighted by molar-refractivity contribution is 0.0692. The van der Waals surface area contributed by atoms with Crippen molar-refractivity contribution in [2.45, 2.75) is 0 Å². The molecule has 2 aromatic carbocycles. The Labute approximate surface area is 197 Å². The fraction of sp³-hybridized carbons (Fsp3) is 0. The van der Waals surface area contributed by atoms with E-state index in [9.17, 15) is 19.1 Å². The van der Waals surface area contributed by atoms with Gasteiger partial charge in [-0.1, -0.05) is 24.3 Å². The largest absolute Gasteiger partial charge is 0.476 e. The predicted molar refractivity (Wildman–Crippen MR) is 125 cm³/mol. The predicted octanol–water partition coefficient (Wildman–Crippen LogP) is 5.20. The van der Waals surface area contributed by atoms with Crippen molar-refractivity contribution in [2.24, 2.45) is 0 Å². The Morgan fingerprint density at radius 1 is 0.971 bits per heavy atom. The molecular formula is C25H16FN5O4. The minimum absolute atomic E-state index is 0.0200. The molecule has 0 aliphatic carbocycles. The number of carbonyl (C=O) groups is 2. The number of carbonyl (C=O) groups excluding carboxylic acids is 1. The summed E-state index contributed by atoms with van der Waals surface area (Å²) in [5, 5.41) is 16.6. The first kappa shape index (κ1) is 21.7. The number of ether oxygens (including phenoxy) is 1. The van der Waals surface area contributed by atoms with Gasteiger partial charge in [0.1, 0.15) is 0 Å². The monoisotopic (exact) mass is 469 g/mol. The number of hydrogen-bond acceptors (Lipinski definition) is 6. The van der Waals surface area contributed by atoms with Crippen LogP contribution in [0.3, 0.4) is 0 Å². The van der Waals surface area contributed by atoms with Crippen LogP contribution in [0.2, 0.25) is 0 Å². The summed E-state index contributed by atoms with van der Waals surface area (Å²) in [5.41, 5.74) is 1.91. The van der Waals surface area contributed by atoms with E-state index in [2.05, 4.69) is 20.4 Å². The first-order valence-electron chi connectivity index (χ1n) is 10.4. The quantitative estimate of drug-likeness (QED) is 0.363. The van der Waals surface area contributed by atoms with Gasteiger partial charge < -0.3 is 15.2 Å². The maximum atomic E-state index is 13.8. The normalized spacial score (nSPS) is 10.8. The number of carboxylic acids is 1. The molecule has 10 heteroatoms. The SMILES string of the molecule is O=C(O)c1nn(C(=O)Nc2ccc(Oc3ccccc3F)nc2)c2ccc(-c3cccnc3)cc12. The second kappa shape index (κ2) is 9.02. The summed E-state index contributed by atoms with van der Waals surface area (Å²) >= 11 is 0. The van der Waals surface area contributed by atoms with Gasteiger partial charge in [0.05, 0.1) is 17.4 Å². The van der Waals surface area contributed by atoms with Gasteiger partial charge in [0.2, 0.25) is 5.88 Å². The van der Waals surface area contributed by atoms with Gasteiger partial charge in [-0.2, -0.15) is 9.78 Å². The van der Waals surface area contributed by atoms with Crippen molar-refractivity contribution in [2.75, 3.05) is 5.32 Å². The van der Waals surface area contributed by atoms with Crippen LogP contribution in [0.25, 0.3) is 22.0 Å². The van der Waals surface area contributed by atoms with E-state index in [1.165, 1.54) is 30.5 Å². The molecule has 0 unspecified atom stereocenters. The maximum absolute atomic E-state index is 13.8. The highest BCUT2D eigenvalue weighted by Crippen LogP contribution is 2.27. The van der Waals surface area contributed by atoms with Crippen LogP contribution in [0.15, 0.2) is 85.3 Å². The molecule has 1 amide bonds. The van der Waals surface area contributed by atoms with Crippen LogP contribution < -0.4 is 10.1 Å². The van der Waals surface area contributed by atoms with E-state index in [0.29, 0.717) is 16.6 Å². The van der Waals surface area contributed by atoms with E-state index in [1.54, 1.807) is 48.8 Å². The number of pyridine rings is 2. The zero-order chi connectivity index (χ0) is 24.4. The third-order valence-corrected chi connectivity index (χ3v) is 5.11. The number of aromatic carboxylic acids is 1. The Kier molecular flexibility index (Phi) is 5.60. The van der Waals surface area contributed by atoms with Crippen molar-refractivity contribution in [3.63, 3.8) is 0 Å². The van der Waals surface area contributed by atoms with E-state index in [-0.39, 0.29) is 17.3 Å². The average molecular weight is 469 g/mol. The molecule has 3 heterocycles. The second-order valence-electron chi connectivity index (χ2n) is 7.39.